The third-order valence-electron chi connectivity index (χ3n) is 2.64. The van der Waals surface area contributed by atoms with Crippen molar-refractivity contribution < 1.29 is 0 Å². The molecule has 1 saturated carbocycles. The molecule has 0 radical (unpaired) electrons. The van der Waals surface area contributed by atoms with E-state index in [1.54, 1.807) is 12.5 Å². The Morgan fingerprint density at radius 2 is 2.43 bits per heavy atom. The van der Waals surface area contributed by atoms with Gasteiger partial charge in [-0.3, -0.25) is 0 Å². The molecule has 0 aromatic carbocycles. The maximum Gasteiger partial charge on any atom is 0.115 e. The van der Waals surface area contributed by atoms with Crippen molar-refractivity contribution in [3.63, 3.8) is 0 Å². The fourth-order valence-corrected chi connectivity index (χ4v) is 2.19. The molecule has 1 aromatic heterocycles. The van der Waals surface area contributed by atoms with E-state index >= 15 is 0 Å². The topological polar surface area (TPSA) is 37.8 Å². The normalized spacial score (nSPS) is 18.1. The number of nitrogens with one attached hydrogen (secondary N) is 1. The molecule has 1 aliphatic rings. The predicted molar refractivity (Wildman–Crippen MR) is 59.2 cm³/mol. The zero-order valence-corrected chi connectivity index (χ0v) is 9.18. The van der Waals surface area contributed by atoms with Gasteiger partial charge in [0.15, 0.2) is 0 Å². The van der Waals surface area contributed by atoms with Crippen molar-refractivity contribution in [2.24, 2.45) is 0 Å². The van der Waals surface area contributed by atoms with Crippen molar-refractivity contribution in [1.29, 1.82) is 0 Å². The van der Waals surface area contributed by atoms with E-state index in [1.165, 1.54) is 12.8 Å². The Labute approximate surface area is 88.7 Å². The second kappa shape index (κ2) is 4.28. The molecule has 0 amide bonds. The zero-order valence-electron chi connectivity index (χ0n) is 8.36. The SMILES string of the molecule is CSC1(CNCc2ccncn2)CC1. The van der Waals surface area contributed by atoms with Crippen LogP contribution in [0.1, 0.15) is 18.5 Å². The van der Waals surface area contributed by atoms with Crippen LogP contribution in [0.3, 0.4) is 0 Å². The minimum absolute atomic E-state index is 0.535. The summed E-state index contributed by atoms with van der Waals surface area (Å²) in [5.41, 5.74) is 1.07. The summed E-state index contributed by atoms with van der Waals surface area (Å²) in [5.74, 6) is 0. The van der Waals surface area contributed by atoms with E-state index in [-0.39, 0.29) is 0 Å². The lowest BCUT2D eigenvalue weighted by molar-refractivity contribution is 0.651. The average Bonchev–Trinajstić information content (AvgIpc) is 3.00. The molecular formula is C10H15N3S. The highest BCUT2D eigenvalue weighted by atomic mass is 32.2. The summed E-state index contributed by atoms with van der Waals surface area (Å²) >= 11 is 1.98. The lowest BCUT2D eigenvalue weighted by Gasteiger charge is -2.12. The zero-order chi connectivity index (χ0) is 9.86. The molecule has 0 aliphatic heterocycles. The Balaban J connectivity index is 1.73. The van der Waals surface area contributed by atoms with Gasteiger partial charge in [-0.05, 0) is 25.2 Å². The maximum absolute atomic E-state index is 4.16. The van der Waals surface area contributed by atoms with Crippen LogP contribution in [-0.2, 0) is 6.54 Å². The van der Waals surface area contributed by atoms with Gasteiger partial charge in [-0.15, -0.1) is 0 Å². The Kier molecular flexibility index (Phi) is 3.03. The van der Waals surface area contributed by atoms with Crippen LogP contribution in [0.2, 0.25) is 0 Å². The fourth-order valence-electron chi connectivity index (χ4n) is 1.43. The first-order valence-electron chi connectivity index (χ1n) is 4.85. The Morgan fingerprint density at radius 3 is 3.00 bits per heavy atom. The van der Waals surface area contributed by atoms with Gasteiger partial charge in [0, 0.05) is 24.0 Å². The molecule has 3 nitrogen and oxygen atoms in total. The molecule has 1 heterocycles. The van der Waals surface area contributed by atoms with Gasteiger partial charge in [0.1, 0.15) is 6.33 Å². The number of thioether (sulfide) groups is 1. The van der Waals surface area contributed by atoms with Gasteiger partial charge in [-0.25, -0.2) is 9.97 Å². The summed E-state index contributed by atoms with van der Waals surface area (Å²) in [5, 5.41) is 3.44. The summed E-state index contributed by atoms with van der Waals surface area (Å²) < 4.78 is 0.535. The minimum Gasteiger partial charge on any atom is -0.310 e. The maximum atomic E-state index is 4.16. The lowest BCUT2D eigenvalue weighted by atomic mass is 10.3. The van der Waals surface area contributed by atoms with Crippen LogP contribution in [-0.4, -0.2) is 27.5 Å². The molecule has 1 aliphatic carbocycles. The average molecular weight is 209 g/mol. The second-order valence-corrected chi connectivity index (χ2v) is 4.97. The molecule has 4 heteroatoms. The van der Waals surface area contributed by atoms with E-state index in [0.717, 1.165) is 18.8 Å². The van der Waals surface area contributed by atoms with Gasteiger partial charge in [-0.2, -0.15) is 11.8 Å². The van der Waals surface area contributed by atoms with Crippen molar-refractivity contribution in [1.82, 2.24) is 15.3 Å². The van der Waals surface area contributed by atoms with Crippen molar-refractivity contribution in [2.75, 3.05) is 12.8 Å². The quantitative estimate of drug-likeness (QED) is 0.796. The van der Waals surface area contributed by atoms with E-state index in [1.807, 2.05) is 17.8 Å². The highest BCUT2D eigenvalue weighted by Crippen LogP contribution is 2.46. The van der Waals surface area contributed by atoms with Crippen LogP contribution in [0.5, 0.6) is 0 Å². The first kappa shape index (κ1) is 9.93. The Morgan fingerprint density at radius 1 is 1.57 bits per heavy atom. The van der Waals surface area contributed by atoms with Crippen LogP contribution in [0.15, 0.2) is 18.6 Å². The molecular weight excluding hydrogens is 194 g/mol. The summed E-state index contributed by atoms with van der Waals surface area (Å²) in [6.07, 6.45) is 8.28. The van der Waals surface area contributed by atoms with Gasteiger partial charge >= 0.3 is 0 Å². The van der Waals surface area contributed by atoms with E-state index in [0.29, 0.717) is 4.75 Å². The minimum atomic E-state index is 0.535. The number of aromatic nitrogens is 2. The third-order valence-corrected chi connectivity index (χ3v) is 4.06. The van der Waals surface area contributed by atoms with Gasteiger partial charge < -0.3 is 5.32 Å². The molecule has 76 valence electrons. The summed E-state index contributed by atoms with van der Waals surface area (Å²) in [6, 6.07) is 1.95. The Bertz CT molecular complexity index is 285. The van der Waals surface area contributed by atoms with Crippen LogP contribution in [0.25, 0.3) is 0 Å². The standard InChI is InChI=1S/C10H15N3S/c1-14-10(3-4-10)7-12-6-9-2-5-11-8-13-9/h2,5,8,12H,3-4,6-7H2,1H3. The predicted octanol–water partition coefficient (Wildman–Crippen LogP) is 1.46. The summed E-state index contributed by atoms with van der Waals surface area (Å²) in [4.78, 5) is 8.05. The van der Waals surface area contributed by atoms with Crippen LogP contribution in [0.4, 0.5) is 0 Å². The number of rotatable bonds is 5. The molecule has 1 fully saturated rings. The van der Waals surface area contributed by atoms with E-state index in [9.17, 15) is 0 Å². The Hall–Kier alpha value is -0.610. The molecule has 0 bridgehead atoms. The van der Waals surface area contributed by atoms with Gasteiger partial charge in [-0.1, -0.05) is 0 Å². The summed E-state index contributed by atoms with van der Waals surface area (Å²) in [7, 11) is 0. The van der Waals surface area contributed by atoms with E-state index in [4.69, 9.17) is 0 Å². The molecule has 0 unspecified atom stereocenters. The molecule has 0 spiro atoms. The van der Waals surface area contributed by atoms with Crippen LogP contribution < -0.4 is 5.32 Å². The fraction of sp³-hybridized carbons (Fsp3) is 0.600. The van der Waals surface area contributed by atoms with E-state index in [2.05, 4.69) is 21.5 Å². The molecule has 0 saturated heterocycles. The van der Waals surface area contributed by atoms with Crippen LogP contribution >= 0.6 is 11.8 Å². The van der Waals surface area contributed by atoms with Crippen molar-refractivity contribution >= 4 is 11.8 Å². The molecule has 1 N–H and O–H groups in total. The number of nitrogens with zero attached hydrogens (tertiary/aromatic N) is 2. The second-order valence-electron chi connectivity index (χ2n) is 3.69. The highest BCUT2D eigenvalue weighted by Gasteiger charge is 2.41. The first-order chi connectivity index (χ1) is 6.85. The van der Waals surface area contributed by atoms with Crippen LogP contribution in [0, 0.1) is 0 Å². The lowest BCUT2D eigenvalue weighted by Crippen LogP contribution is -2.25. The molecule has 14 heavy (non-hydrogen) atoms. The number of hydrogen-bond acceptors (Lipinski definition) is 4. The van der Waals surface area contributed by atoms with Gasteiger partial charge in [0.05, 0.1) is 5.69 Å². The third kappa shape index (κ3) is 2.45. The smallest absolute Gasteiger partial charge is 0.115 e. The largest absolute Gasteiger partial charge is 0.310 e. The first-order valence-corrected chi connectivity index (χ1v) is 6.08. The number of hydrogen-bond donors (Lipinski definition) is 1. The molecule has 0 atom stereocenters. The highest BCUT2D eigenvalue weighted by molar-refractivity contribution is 8.00. The summed E-state index contributed by atoms with van der Waals surface area (Å²) in [6.45, 7) is 1.95. The van der Waals surface area contributed by atoms with Crippen molar-refractivity contribution in [3.05, 3.63) is 24.3 Å². The van der Waals surface area contributed by atoms with Crippen molar-refractivity contribution in [3.8, 4) is 0 Å². The van der Waals surface area contributed by atoms with Gasteiger partial charge in [0.2, 0.25) is 0 Å². The monoisotopic (exact) mass is 209 g/mol. The molecule has 1 aromatic rings. The van der Waals surface area contributed by atoms with E-state index < -0.39 is 0 Å². The van der Waals surface area contributed by atoms with Gasteiger partial charge in [0.25, 0.3) is 0 Å². The molecule has 2 rings (SSSR count). The van der Waals surface area contributed by atoms with Crippen molar-refractivity contribution in [2.45, 2.75) is 24.1 Å².